The zero-order valence-electron chi connectivity index (χ0n) is 15.0. The Hall–Kier alpha value is -2.82. The van der Waals surface area contributed by atoms with E-state index in [1.165, 1.54) is 0 Å². The molecule has 25 heavy (non-hydrogen) atoms. The van der Waals surface area contributed by atoms with Crippen LogP contribution in [-0.2, 0) is 9.53 Å². The largest absolute Gasteiger partial charge is 0.481 e. The van der Waals surface area contributed by atoms with Crippen LogP contribution in [0.25, 0.3) is 0 Å². The molecule has 1 N–H and O–H groups in total. The van der Waals surface area contributed by atoms with Crippen LogP contribution < -0.4 is 10.1 Å². The molecule has 2 aromatic carbocycles. The van der Waals surface area contributed by atoms with Gasteiger partial charge >= 0.3 is 5.97 Å². The molecular weight excluding hydrogens is 318 g/mol. The van der Waals surface area contributed by atoms with Crippen molar-refractivity contribution in [3.8, 4) is 5.75 Å². The van der Waals surface area contributed by atoms with E-state index in [1.54, 1.807) is 32.0 Å². The summed E-state index contributed by atoms with van der Waals surface area (Å²) in [5.41, 5.74) is 2.87. The molecule has 0 aromatic heterocycles. The van der Waals surface area contributed by atoms with Gasteiger partial charge in [0.15, 0.2) is 6.10 Å². The fourth-order valence-electron chi connectivity index (χ4n) is 2.28. The Balaban J connectivity index is 2.08. The number of esters is 1. The van der Waals surface area contributed by atoms with Crippen LogP contribution in [0.5, 0.6) is 5.75 Å². The van der Waals surface area contributed by atoms with Gasteiger partial charge in [-0.2, -0.15) is 0 Å². The number of hydrogen-bond acceptors (Lipinski definition) is 4. The van der Waals surface area contributed by atoms with Crippen LogP contribution >= 0.6 is 0 Å². The first-order valence-electron chi connectivity index (χ1n) is 8.22. The minimum Gasteiger partial charge on any atom is -0.481 e. The number of hydrogen-bond donors (Lipinski definition) is 1. The van der Waals surface area contributed by atoms with Crippen molar-refractivity contribution >= 4 is 17.6 Å². The lowest BCUT2D eigenvalue weighted by Crippen LogP contribution is -2.30. The summed E-state index contributed by atoms with van der Waals surface area (Å²) in [5, 5.41) is 2.81. The lowest BCUT2D eigenvalue weighted by molar-refractivity contribution is -0.122. The maximum Gasteiger partial charge on any atom is 0.338 e. The van der Waals surface area contributed by atoms with Gasteiger partial charge < -0.3 is 14.8 Å². The van der Waals surface area contributed by atoms with Gasteiger partial charge in [0.25, 0.3) is 5.91 Å². The molecule has 5 nitrogen and oxygen atoms in total. The van der Waals surface area contributed by atoms with Crippen molar-refractivity contribution in [2.75, 3.05) is 11.9 Å². The molecule has 0 heterocycles. The molecule has 0 unspecified atom stereocenters. The fraction of sp³-hybridized carbons (Fsp3) is 0.300. The van der Waals surface area contributed by atoms with Crippen LogP contribution in [-0.4, -0.2) is 24.6 Å². The maximum absolute atomic E-state index is 12.4. The molecule has 0 aliphatic rings. The molecule has 0 fully saturated rings. The predicted octanol–water partition coefficient (Wildman–Crippen LogP) is 3.89. The van der Waals surface area contributed by atoms with Gasteiger partial charge in [-0.15, -0.1) is 0 Å². The first-order chi connectivity index (χ1) is 11.9. The molecule has 5 heteroatoms. The third-order valence-corrected chi connectivity index (χ3v) is 3.68. The van der Waals surface area contributed by atoms with Crippen LogP contribution in [0.1, 0.15) is 35.3 Å². The first kappa shape index (κ1) is 18.5. The van der Waals surface area contributed by atoms with Gasteiger partial charge in [0.1, 0.15) is 5.75 Å². The van der Waals surface area contributed by atoms with Crippen molar-refractivity contribution in [1.29, 1.82) is 0 Å². The van der Waals surface area contributed by atoms with Crippen LogP contribution in [0.3, 0.4) is 0 Å². The number of carbonyl (C=O) groups is 2. The molecule has 0 aliphatic carbocycles. The number of nitrogens with one attached hydrogen (secondary N) is 1. The standard InChI is InChI=1S/C20H23NO4/c1-5-24-20(23)16-10-9-14(3)18(12-16)21-19(22)15(4)25-17-8-6-7-13(2)11-17/h6-12,15H,5H2,1-4H3,(H,21,22)/t15-/m0/s1. The molecule has 2 rings (SSSR count). The van der Waals surface area contributed by atoms with E-state index in [9.17, 15) is 9.59 Å². The van der Waals surface area contributed by atoms with Crippen LogP contribution in [0.4, 0.5) is 5.69 Å². The summed E-state index contributed by atoms with van der Waals surface area (Å²) in [5.74, 6) is -0.0627. The lowest BCUT2D eigenvalue weighted by atomic mass is 10.1. The number of amides is 1. The normalized spacial score (nSPS) is 11.5. The van der Waals surface area contributed by atoms with Gasteiger partial charge in [-0.05, 0) is 63.1 Å². The van der Waals surface area contributed by atoms with Crippen molar-refractivity contribution < 1.29 is 19.1 Å². The van der Waals surface area contributed by atoms with E-state index in [0.29, 0.717) is 23.6 Å². The minimum absolute atomic E-state index is 0.286. The molecule has 1 amide bonds. The van der Waals surface area contributed by atoms with Gasteiger partial charge in [-0.25, -0.2) is 4.79 Å². The van der Waals surface area contributed by atoms with Crippen molar-refractivity contribution in [3.63, 3.8) is 0 Å². The van der Waals surface area contributed by atoms with E-state index in [4.69, 9.17) is 9.47 Å². The summed E-state index contributed by atoms with van der Waals surface area (Å²) in [6, 6.07) is 12.6. The van der Waals surface area contributed by atoms with E-state index < -0.39 is 12.1 Å². The molecule has 0 saturated heterocycles. The molecule has 1 atom stereocenters. The third-order valence-electron chi connectivity index (χ3n) is 3.68. The number of aryl methyl sites for hydroxylation is 2. The van der Waals surface area contributed by atoms with E-state index in [0.717, 1.165) is 11.1 Å². The summed E-state index contributed by atoms with van der Waals surface area (Å²) < 4.78 is 10.7. The van der Waals surface area contributed by atoms with Crippen LogP contribution in [0, 0.1) is 13.8 Å². The van der Waals surface area contributed by atoms with Gasteiger partial charge in [-0.3, -0.25) is 4.79 Å². The molecule has 0 aliphatic heterocycles. The second-order valence-electron chi connectivity index (χ2n) is 5.82. The van der Waals surface area contributed by atoms with Crippen molar-refractivity contribution in [2.24, 2.45) is 0 Å². The molecule has 0 saturated carbocycles. The monoisotopic (exact) mass is 341 g/mol. The number of anilines is 1. The molecule has 2 aromatic rings. The lowest BCUT2D eigenvalue weighted by Gasteiger charge is -2.16. The smallest absolute Gasteiger partial charge is 0.338 e. The Bertz CT molecular complexity index is 770. The summed E-state index contributed by atoms with van der Waals surface area (Å²) in [6.07, 6.45) is -0.674. The maximum atomic E-state index is 12.4. The van der Waals surface area contributed by atoms with Crippen molar-refractivity contribution in [1.82, 2.24) is 0 Å². The minimum atomic E-state index is -0.674. The Morgan fingerprint density at radius 1 is 1.12 bits per heavy atom. The molecule has 0 bridgehead atoms. The highest BCUT2D eigenvalue weighted by atomic mass is 16.5. The summed E-state index contributed by atoms with van der Waals surface area (Å²) >= 11 is 0. The van der Waals surface area contributed by atoms with Gasteiger partial charge in [0.2, 0.25) is 0 Å². The molecule has 0 spiro atoms. The average molecular weight is 341 g/mol. The highest BCUT2D eigenvalue weighted by Gasteiger charge is 2.17. The number of rotatable bonds is 6. The van der Waals surface area contributed by atoms with E-state index in [2.05, 4.69) is 5.32 Å². The Morgan fingerprint density at radius 2 is 1.88 bits per heavy atom. The first-order valence-corrected chi connectivity index (χ1v) is 8.22. The average Bonchev–Trinajstić information content (AvgIpc) is 2.57. The van der Waals surface area contributed by atoms with Gasteiger partial charge in [0, 0.05) is 5.69 Å². The van der Waals surface area contributed by atoms with Crippen molar-refractivity contribution in [3.05, 3.63) is 59.2 Å². The van der Waals surface area contributed by atoms with Crippen molar-refractivity contribution in [2.45, 2.75) is 33.8 Å². The summed E-state index contributed by atoms with van der Waals surface area (Å²) in [6.45, 7) is 7.55. The topological polar surface area (TPSA) is 64.6 Å². The Kier molecular flexibility index (Phi) is 6.17. The SMILES string of the molecule is CCOC(=O)c1ccc(C)c(NC(=O)[C@H](C)Oc2cccc(C)c2)c1. The fourth-order valence-corrected chi connectivity index (χ4v) is 2.28. The zero-order chi connectivity index (χ0) is 18.4. The highest BCUT2D eigenvalue weighted by molar-refractivity contribution is 5.97. The van der Waals surface area contributed by atoms with E-state index in [1.807, 2.05) is 38.1 Å². The molecule has 0 radical (unpaired) electrons. The molecule has 132 valence electrons. The quantitative estimate of drug-likeness (QED) is 0.810. The zero-order valence-corrected chi connectivity index (χ0v) is 15.0. The molecular formula is C20H23NO4. The van der Waals surface area contributed by atoms with E-state index in [-0.39, 0.29) is 5.91 Å². The summed E-state index contributed by atoms with van der Waals surface area (Å²) in [7, 11) is 0. The second-order valence-corrected chi connectivity index (χ2v) is 5.82. The van der Waals surface area contributed by atoms with Crippen LogP contribution in [0.2, 0.25) is 0 Å². The third kappa shape index (κ3) is 5.08. The summed E-state index contributed by atoms with van der Waals surface area (Å²) in [4.78, 5) is 24.2. The number of carbonyl (C=O) groups excluding carboxylic acids is 2. The van der Waals surface area contributed by atoms with E-state index >= 15 is 0 Å². The Labute approximate surface area is 148 Å². The Morgan fingerprint density at radius 3 is 2.56 bits per heavy atom. The highest BCUT2D eigenvalue weighted by Crippen LogP contribution is 2.19. The van der Waals surface area contributed by atoms with Crippen LogP contribution in [0.15, 0.2) is 42.5 Å². The number of ether oxygens (including phenoxy) is 2. The van der Waals surface area contributed by atoms with Gasteiger partial charge in [0.05, 0.1) is 12.2 Å². The predicted molar refractivity (Wildman–Crippen MR) is 97.0 cm³/mol. The number of benzene rings is 2. The van der Waals surface area contributed by atoms with Gasteiger partial charge in [-0.1, -0.05) is 18.2 Å². The second kappa shape index (κ2) is 8.33.